The van der Waals surface area contributed by atoms with Gasteiger partial charge in [-0.3, -0.25) is 4.79 Å². The largest absolute Gasteiger partial charge is 0.506 e. The van der Waals surface area contributed by atoms with E-state index < -0.39 is 5.91 Å². The molecule has 0 aliphatic rings. The van der Waals surface area contributed by atoms with Crippen LogP contribution >= 0.6 is 11.6 Å². The van der Waals surface area contributed by atoms with Gasteiger partial charge in [-0.05, 0) is 86.1 Å². The lowest BCUT2D eigenvalue weighted by Crippen LogP contribution is -2.16. The van der Waals surface area contributed by atoms with Crippen LogP contribution in [0.1, 0.15) is 33.3 Å². The van der Waals surface area contributed by atoms with E-state index in [1.54, 1.807) is 18.2 Å². The van der Waals surface area contributed by atoms with E-state index in [0.717, 1.165) is 5.69 Å². The van der Waals surface area contributed by atoms with Crippen molar-refractivity contribution in [3.63, 3.8) is 0 Å². The molecule has 2 aromatic heterocycles. The SMILES string of the molecule is Cc1ccc(C)n1-c1ccc(OCc2ccc(C(=O)NN=Cc3ccc(O)c(Cl)c3)o2)cc1. The molecule has 0 bridgehead atoms. The summed E-state index contributed by atoms with van der Waals surface area (Å²) < 4.78 is 13.5. The summed E-state index contributed by atoms with van der Waals surface area (Å²) in [5.41, 5.74) is 6.41. The zero-order valence-electron chi connectivity index (χ0n) is 18.1. The van der Waals surface area contributed by atoms with Crippen molar-refractivity contribution in [1.82, 2.24) is 9.99 Å². The van der Waals surface area contributed by atoms with E-state index in [0.29, 0.717) is 17.1 Å². The molecule has 0 saturated heterocycles. The summed E-state index contributed by atoms with van der Waals surface area (Å²) in [5, 5.41) is 13.5. The first-order valence-electron chi connectivity index (χ1n) is 10.2. The number of hydrogen-bond donors (Lipinski definition) is 2. The Balaban J connectivity index is 1.31. The Bertz CT molecular complexity index is 1290. The summed E-state index contributed by atoms with van der Waals surface area (Å²) in [6, 6.07) is 19.8. The highest BCUT2D eigenvalue weighted by Gasteiger charge is 2.11. The van der Waals surface area contributed by atoms with Crippen LogP contribution in [-0.4, -0.2) is 21.8 Å². The predicted octanol–water partition coefficient (Wildman–Crippen LogP) is 5.39. The lowest BCUT2D eigenvalue weighted by Gasteiger charge is -2.10. The van der Waals surface area contributed by atoms with Gasteiger partial charge in [0.15, 0.2) is 5.76 Å². The van der Waals surface area contributed by atoms with Crippen LogP contribution in [0.5, 0.6) is 11.5 Å². The van der Waals surface area contributed by atoms with Crippen LogP contribution in [0.25, 0.3) is 5.69 Å². The number of aromatic nitrogens is 1. The normalized spacial score (nSPS) is 11.1. The average molecular weight is 464 g/mol. The second-order valence-corrected chi connectivity index (χ2v) is 7.82. The molecule has 4 rings (SSSR count). The van der Waals surface area contributed by atoms with Crippen LogP contribution in [-0.2, 0) is 6.61 Å². The molecule has 1 amide bonds. The maximum Gasteiger partial charge on any atom is 0.307 e. The molecule has 0 aliphatic carbocycles. The number of nitrogens with zero attached hydrogens (tertiary/aromatic N) is 2. The third-order valence-corrected chi connectivity index (χ3v) is 5.29. The van der Waals surface area contributed by atoms with Crippen LogP contribution in [0, 0.1) is 13.8 Å². The summed E-state index contributed by atoms with van der Waals surface area (Å²) in [6.07, 6.45) is 1.41. The number of amides is 1. The minimum atomic E-state index is -0.496. The van der Waals surface area contributed by atoms with Crippen LogP contribution in [0.3, 0.4) is 0 Å². The van der Waals surface area contributed by atoms with Crippen LogP contribution in [0.15, 0.2) is 76.2 Å². The molecule has 8 heteroatoms. The topological polar surface area (TPSA) is 89.0 Å². The van der Waals surface area contributed by atoms with Gasteiger partial charge in [0.05, 0.1) is 11.2 Å². The molecule has 0 saturated carbocycles. The highest BCUT2D eigenvalue weighted by Crippen LogP contribution is 2.23. The highest BCUT2D eigenvalue weighted by molar-refractivity contribution is 6.32. The van der Waals surface area contributed by atoms with Crippen LogP contribution in [0.2, 0.25) is 5.02 Å². The van der Waals surface area contributed by atoms with Crippen molar-refractivity contribution < 1.29 is 19.1 Å². The molecular weight excluding hydrogens is 442 g/mol. The molecule has 2 heterocycles. The summed E-state index contributed by atoms with van der Waals surface area (Å²) in [5.74, 6) is 0.800. The van der Waals surface area contributed by atoms with Gasteiger partial charge in [-0.2, -0.15) is 5.10 Å². The van der Waals surface area contributed by atoms with E-state index in [9.17, 15) is 9.90 Å². The third-order valence-electron chi connectivity index (χ3n) is 4.98. The summed E-state index contributed by atoms with van der Waals surface area (Å²) >= 11 is 5.84. The number of benzene rings is 2. The number of rotatable bonds is 7. The second kappa shape index (κ2) is 9.67. The Morgan fingerprint density at radius 1 is 1.09 bits per heavy atom. The molecule has 0 fully saturated rings. The summed E-state index contributed by atoms with van der Waals surface area (Å²) in [6.45, 7) is 4.32. The number of aryl methyl sites for hydroxylation is 2. The van der Waals surface area contributed by atoms with Gasteiger partial charge in [-0.25, -0.2) is 5.43 Å². The molecule has 2 aromatic carbocycles. The Labute approximate surface area is 195 Å². The lowest BCUT2D eigenvalue weighted by molar-refractivity contribution is 0.0923. The monoisotopic (exact) mass is 463 g/mol. The number of hydrogen-bond acceptors (Lipinski definition) is 5. The molecule has 0 spiro atoms. The van der Waals surface area contributed by atoms with E-state index in [2.05, 4.69) is 41.1 Å². The Hall–Kier alpha value is -3.97. The van der Waals surface area contributed by atoms with Gasteiger partial charge in [-0.1, -0.05) is 11.6 Å². The van der Waals surface area contributed by atoms with Crippen molar-refractivity contribution >= 4 is 23.7 Å². The van der Waals surface area contributed by atoms with E-state index in [-0.39, 0.29) is 23.1 Å². The van der Waals surface area contributed by atoms with Gasteiger partial charge in [0.1, 0.15) is 23.9 Å². The number of carbonyl (C=O) groups excluding carboxylic acids is 1. The van der Waals surface area contributed by atoms with E-state index >= 15 is 0 Å². The third kappa shape index (κ3) is 5.27. The molecule has 168 valence electrons. The molecule has 0 radical (unpaired) electrons. The van der Waals surface area contributed by atoms with Gasteiger partial charge in [0.25, 0.3) is 0 Å². The first-order chi connectivity index (χ1) is 15.9. The fourth-order valence-corrected chi connectivity index (χ4v) is 3.51. The molecule has 0 unspecified atom stereocenters. The number of nitrogens with one attached hydrogen (secondary N) is 1. The number of furan rings is 1. The molecular formula is C25H22ClN3O4. The van der Waals surface area contributed by atoms with Gasteiger partial charge in [-0.15, -0.1) is 0 Å². The van der Waals surface area contributed by atoms with Gasteiger partial charge >= 0.3 is 5.91 Å². The zero-order valence-corrected chi connectivity index (χ0v) is 18.8. The van der Waals surface area contributed by atoms with Crippen molar-refractivity contribution in [2.75, 3.05) is 0 Å². The molecule has 33 heavy (non-hydrogen) atoms. The minimum Gasteiger partial charge on any atom is -0.506 e. The first-order valence-corrected chi connectivity index (χ1v) is 10.6. The number of carbonyl (C=O) groups is 1. The molecule has 0 atom stereocenters. The second-order valence-electron chi connectivity index (χ2n) is 7.41. The van der Waals surface area contributed by atoms with Gasteiger partial charge < -0.3 is 18.8 Å². The molecule has 0 aliphatic heterocycles. The number of hydrazone groups is 1. The highest BCUT2D eigenvalue weighted by atomic mass is 35.5. The van der Waals surface area contributed by atoms with Crippen LogP contribution < -0.4 is 10.2 Å². The van der Waals surface area contributed by atoms with Crippen molar-refractivity contribution in [3.8, 4) is 17.2 Å². The quantitative estimate of drug-likeness (QED) is 0.284. The maximum absolute atomic E-state index is 12.2. The average Bonchev–Trinajstić information content (AvgIpc) is 3.41. The van der Waals surface area contributed by atoms with E-state index in [1.165, 1.54) is 29.7 Å². The smallest absolute Gasteiger partial charge is 0.307 e. The lowest BCUT2D eigenvalue weighted by atomic mass is 10.2. The fraction of sp³-hybridized carbons (Fsp3) is 0.120. The predicted molar refractivity (Wildman–Crippen MR) is 126 cm³/mol. The Morgan fingerprint density at radius 2 is 1.82 bits per heavy atom. The molecule has 4 aromatic rings. The van der Waals surface area contributed by atoms with E-state index in [4.69, 9.17) is 20.8 Å². The number of aromatic hydroxyl groups is 1. The fourth-order valence-electron chi connectivity index (χ4n) is 3.32. The Kier molecular flexibility index (Phi) is 6.51. The van der Waals surface area contributed by atoms with Crippen molar-refractivity contribution in [1.29, 1.82) is 0 Å². The van der Waals surface area contributed by atoms with Gasteiger partial charge in [0, 0.05) is 17.1 Å². The number of phenolic OH excluding ortho intramolecular Hbond substituents is 1. The van der Waals surface area contributed by atoms with Crippen LogP contribution in [0.4, 0.5) is 0 Å². The summed E-state index contributed by atoms with van der Waals surface area (Å²) in [4.78, 5) is 12.2. The summed E-state index contributed by atoms with van der Waals surface area (Å²) in [7, 11) is 0. The first kappa shape index (κ1) is 22.2. The van der Waals surface area contributed by atoms with E-state index in [1.807, 2.05) is 24.3 Å². The van der Waals surface area contributed by atoms with Gasteiger partial charge in [0.2, 0.25) is 0 Å². The minimum absolute atomic E-state index is 0.0229. The van der Waals surface area contributed by atoms with Crippen molar-refractivity contribution in [2.24, 2.45) is 5.10 Å². The molecule has 7 nitrogen and oxygen atoms in total. The van der Waals surface area contributed by atoms with Crippen molar-refractivity contribution in [2.45, 2.75) is 20.5 Å². The number of phenols is 1. The number of halogens is 1. The maximum atomic E-state index is 12.2. The molecule has 2 N–H and O–H groups in total. The van der Waals surface area contributed by atoms with Crippen molar-refractivity contribution in [3.05, 3.63) is 100 Å². The standard InChI is InChI=1S/C25H22ClN3O4/c1-16-3-4-17(2)29(16)19-6-8-20(9-7-19)32-15-21-10-12-24(33-21)25(31)28-27-14-18-5-11-23(30)22(26)13-18/h3-14,30H,15H2,1-2H3,(H,28,31). The Morgan fingerprint density at radius 3 is 2.52 bits per heavy atom. The zero-order chi connectivity index (χ0) is 23.4. The number of ether oxygens (including phenoxy) is 1.